The zero-order chi connectivity index (χ0) is 23.1. The lowest BCUT2D eigenvalue weighted by Crippen LogP contribution is -2.43. The summed E-state index contributed by atoms with van der Waals surface area (Å²) in [5, 5.41) is 7.28. The highest BCUT2D eigenvalue weighted by Crippen LogP contribution is 2.31. The van der Waals surface area contributed by atoms with Crippen LogP contribution in [0.4, 0.5) is 19.3 Å². The third kappa shape index (κ3) is 5.04. The first kappa shape index (κ1) is 23.2. The van der Waals surface area contributed by atoms with Crippen molar-refractivity contribution in [3.63, 3.8) is 0 Å². The van der Waals surface area contributed by atoms with Crippen molar-refractivity contribution >= 4 is 11.7 Å². The molecule has 1 heterocycles. The van der Waals surface area contributed by atoms with Crippen LogP contribution in [0.2, 0.25) is 0 Å². The number of aromatic nitrogens is 2. The van der Waals surface area contributed by atoms with E-state index in [1.807, 2.05) is 13.8 Å². The van der Waals surface area contributed by atoms with Crippen LogP contribution in [0.5, 0.6) is 5.75 Å². The Balaban J connectivity index is 1.96. The van der Waals surface area contributed by atoms with Crippen LogP contribution in [-0.2, 0) is 13.2 Å². The number of para-hydroxylation sites is 2. The number of ether oxygens (including phenoxy) is 1. The minimum Gasteiger partial charge on any atom is -0.495 e. The maximum Gasteiger partial charge on any atom is 0.324 e. The van der Waals surface area contributed by atoms with Gasteiger partial charge in [-0.3, -0.25) is 4.90 Å². The van der Waals surface area contributed by atoms with Crippen LogP contribution >= 0.6 is 0 Å². The van der Waals surface area contributed by atoms with E-state index >= 15 is 4.39 Å². The van der Waals surface area contributed by atoms with Crippen LogP contribution in [0.25, 0.3) is 11.5 Å². The quantitative estimate of drug-likeness (QED) is 0.453. The Morgan fingerprint density at radius 1 is 1.16 bits per heavy atom. The maximum absolute atomic E-state index is 15.0. The van der Waals surface area contributed by atoms with Gasteiger partial charge in [0.15, 0.2) is 6.67 Å². The Hall–Kier alpha value is -3.49. The molecule has 2 amide bonds. The number of rotatable bonds is 9. The Labute approximate surface area is 185 Å². The molecule has 9 heteroatoms. The molecule has 0 saturated carbocycles. The monoisotopic (exact) mass is 444 g/mol. The average molecular weight is 444 g/mol. The summed E-state index contributed by atoms with van der Waals surface area (Å²) in [6.07, 6.45) is 0.799. The lowest BCUT2D eigenvalue weighted by Gasteiger charge is -2.31. The molecule has 0 fully saturated rings. The second-order valence-corrected chi connectivity index (χ2v) is 7.06. The second kappa shape index (κ2) is 10.7. The Bertz CT molecular complexity index is 1060. The summed E-state index contributed by atoms with van der Waals surface area (Å²) in [6.45, 7) is 4.09. The van der Waals surface area contributed by atoms with Gasteiger partial charge in [-0.2, -0.15) is 0 Å². The number of alkyl halides is 1. The van der Waals surface area contributed by atoms with Gasteiger partial charge in [0.2, 0.25) is 11.8 Å². The number of methoxy groups -OCH3 is 1. The zero-order valence-electron chi connectivity index (χ0n) is 18.3. The molecule has 32 heavy (non-hydrogen) atoms. The fourth-order valence-corrected chi connectivity index (χ4v) is 3.34. The molecule has 0 N–H and O–H groups in total. The van der Waals surface area contributed by atoms with E-state index in [0.29, 0.717) is 35.7 Å². The van der Waals surface area contributed by atoms with Crippen LogP contribution in [0, 0.1) is 5.82 Å². The van der Waals surface area contributed by atoms with E-state index in [1.165, 1.54) is 18.1 Å². The largest absolute Gasteiger partial charge is 0.495 e. The van der Waals surface area contributed by atoms with Crippen molar-refractivity contribution in [1.29, 1.82) is 0 Å². The predicted octanol–water partition coefficient (Wildman–Crippen LogP) is 5.21. The van der Waals surface area contributed by atoms with Gasteiger partial charge in [0.25, 0.3) is 0 Å². The van der Waals surface area contributed by atoms with Crippen LogP contribution in [-0.4, -0.2) is 41.3 Å². The van der Waals surface area contributed by atoms with Crippen molar-refractivity contribution < 1.29 is 22.7 Å². The van der Waals surface area contributed by atoms with Crippen LogP contribution in [0.1, 0.15) is 31.7 Å². The first-order chi connectivity index (χ1) is 15.5. The van der Waals surface area contributed by atoms with Crippen LogP contribution < -0.4 is 9.64 Å². The number of anilines is 1. The van der Waals surface area contributed by atoms with E-state index in [2.05, 4.69) is 10.2 Å². The number of urea groups is 1. The second-order valence-electron chi connectivity index (χ2n) is 7.06. The van der Waals surface area contributed by atoms with Gasteiger partial charge in [0.05, 0.1) is 19.3 Å². The van der Waals surface area contributed by atoms with E-state index in [9.17, 15) is 9.18 Å². The Morgan fingerprint density at radius 3 is 2.56 bits per heavy atom. The highest BCUT2D eigenvalue weighted by molar-refractivity contribution is 5.93. The van der Waals surface area contributed by atoms with Crippen molar-refractivity contribution in [2.75, 3.05) is 25.1 Å². The third-order valence-corrected chi connectivity index (χ3v) is 4.96. The summed E-state index contributed by atoms with van der Waals surface area (Å²) >= 11 is 0. The van der Waals surface area contributed by atoms with Crippen LogP contribution in [0.15, 0.2) is 46.9 Å². The van der Waals surface area contributed by atoms with Gasteiger partial charge < -0.3 is 14.1 Å². The SMILES string of the molecule is CCCN(CC)C(=O)N(Cc1ccc(-c2nnc(CF)o2)cc1F)c1ccccc1OC. The lowest BCUT2D eigenvalue weighted by atomic mass is 10.1. The fourth-order valence-electron chi connectivity index (χ4n) is 3.34. The number of benzene rings is 2. The van der Waals surface area contributed by atoms with Gasteiger partial charge >= 0.3 is 6.03 Å². The smallest absolute Gasteiger partial charge is 0.324 e. The minimum absolute atomic E-state index is 0.00883. The van der Waals surface area contributed by atoms with Gasteiger partial charge in [0, 0.05) is 24.2 Å². The number of nitrogens with zero attached hydrogens (tertiary/aromatic N) is 4. The summed E-state index contributed by atoms with van der Waals surface area (Å²) in [5.74, 6) is -0.183. The molecule has 0 spiro atoms. The molecule has 0 radical (unpaired) electrons. The molecule has 0 unspecified atom stereocenters. The molecule has 0 aliphatic rings. The van der Waals surface area contributed by atoms with Gasteiger partial charge in [-0.25, -0.2) is 13.6 Å². The van der Waals surface area contributed by atoms with Crippen molar-refractivity contribution in [3.8, 4) is 17.2 Å². The topological polar surface area (TPSA) is 71.7 Å². The molecule has 0 aliphatic carbocycles. The normalized spacial score (nSPS) is 10.8. The van der Waals surface area contributed by atoms with Crippen molar-refractivity contribution in [2.45, 2.75) is 33.5 Å². The standard InChI is InChI=1S/C23H26F2N4O3/c1-4-12-28(5-2)23(30)29(19-8-6-7-9-20(19)31-3)15-17-11-10-16(13-18(17)25)22-27-26-21(14-24)32-22/h6-11,13H,4-5,12,14-15H2,1-3H3. The number of carbonyl (C=O) groups excluding carboxylic acids is 1. The first-order valence-corrected chi connectivity index (χ1v) is 10.4. The first-order valence-electron chi connectivity index (χ1n) is 10.4. The Morgan fingerprint density at radius 2 is 1.94 bits per heavy atom. The Kier molecular flexibility index (Phi) is 7.75. The zero-order valence-corrected chi connectivity index (χ0v) is 18.3. The van der Waals surface area contributed by atoms with Crippen molar-refractivity contribution in [1.82, 2.24) is 15.1 Å². The molecule has 0 aliphatic heterocycles. The summed E-state index contributed by atoms with van der Waals surface area (Å²) in [6, 6.07) is 11.3. The number of carbonyl (C=O) groups is 1. The number of amides is 2. The lowest BCUT2D eigenvalue weighted by molar-refractivity contribution is 0.206. The minimum atomic E-state index is -0.894. The molecule has 0 atom stereocenters. The number of halogens is 2. The molecular formula is C23H26F2N4O3. The fraction of sp³-hybridized carbons (Fsp3) is 0.348. The van der Waals surface area contributed by atoms with E-state index < -0.39 is 12.5 Å². The van der Waals surface area contributed by atoms with Crippen molar-refractivity contribution in [2.24, 2.45) is 0 Å². The number of hydrogen-bond acceptors (Lipinski definition) is 5. The molecule has 3 rings (SSSR count). The van der Waals surface area contributed by atoms with Crippen molar-refractivity contribution in [3.05, 3.63) is 59.7 Å². The predicted molar refractivity (Wildman–Crippen MR) is 117 cm³/mol. The highest BCUT2D eigenvalue weighted by Gasteiger charge is 2.25. The third-order valence-electron chi connectivity index (χ3n) is 4.96. The molecule has 2 aromatic carbocycles. The molecule has 7 nitrogen and oxygen atoms in total. The molecule has 0 saturated heterocycles. The molecular weight excluding hydrogens is 418 g/mol. The summed E-state index contributed by atoms with van der Waals surface area (Å²) < 4.78 is 38.3. The van der Waals surface area contributed by atoms with E-state index in [0.717, 1.165) is 6.42 Å². The van der Waals surface area contributed by atoms with Gasteiger partial charge in [0.1, 0.15) is 11.6 Å². The molecule has 1 aromatic heterocycles. The van der Waals surface area contributed by atoms with E-state index in [1.54, 1.807) is 41.3 Å². The molecule has 0 bridgehead atoms. The maximum atomic E-state index is 15.0. The van der Waals surface area contributed by atoms with Gasteiger partial charge in [-0.1, -0.05) is 25.1 Å². The molecule has 3 aromatic rings. The molecule has 170 valence electrons. The van der Waals surface area contributed by atoms with Gasteiger partial charge in [-0.05, 0) is 37.6 Å². The summed E-state index contributed by atoms with van der Waals surface area (Å²) in [5.41, 5.74) is 1.17. The summed E-state index contributed by atoms with van der Waals surface area (Å²) in [7, 11) is 1.52. The summed E-state index contributed by atoms with van der Waals surface area (Å²) in [4.78, 5) is 16.6. The van der Waals surface area contributed by atoms with E-state index in [-0.39, 0.29) is 24.4 Å². The van der Waals surface area contributed by atoms with Gasteiger partial charge in [-0.15, -0.1) is 10.2 Å². The van der Waals surface area contributed by atoms with E-state index in [4.69, 9.17) is 9.15 Å². The van der Waals surface area contributed by atoms with Crippen LogP contribution in [0.3, 0.4) is 0 Å². The number of hydrogen-bond donors (Lipinski definition) is 0. The average Bonchev–Trinajstić information content (AvgIpc) is 3.31. The highest BCUT2D eigenvalue weighted by atomic mass is 19.1.